The van der Waals surface area contributed by atoms with Crippen molar-refractivity contribution in [1.29, 1.82) is 0 Å². The molecule has 0 spiro atoms. The van der Waals surface area contributed by atoms with Crippen LogP contribution in [0.3, 0.4) is 0 Å². The number of para-hydroxylation sites is 1. The van der Waals surface area contributed by atoms with Crippen molar-refractivity contribution < 1.29 is 4.74 Å². The third-order valence-corrected chi connectivity index (χ3v) is 5.35. The van der Waals surface area contributed by atoms with E-state index in [1.807, 2.05) is 12.1 Å². The van der Waals surface area contributed by atoms with Gasteiger partial charge >= 0.3 is 0 Å². The summed E-state index contributed by atoms with van der Waals surface area (Å²) in [6.07, 6.45) is 5.29. The second-order valence-corrected chi connectivity index (χ2v) is 7.08. The zero-order valence-electron chi connectivity index (χ0n) is 16.2. The van der Waals surface area contributed by atoms with Crippen molar-refractivity contribution in [2.75, 3.05) is 19.0 Å². The van der Waals surface area contributed by atoms with Crippen LogP contribution in [0.15, 0.2) is 48.5 Å². The van der Waals surface area contributed by atoms with E-state index in [0.29, 0.717) is 0 Å². The molecule has 2 heterocycles. The highest BCUT2D eigenvalue weighted by Gasteiger charge is 2.21. The smallest absolute Gasteiger partial charge is 0.133 e. The summed E-state index contributed by atoms with van der Waals surface area (Å²) < 4.78 is 7.64. The largest absolute Gasteiger partial charge is 0.496 e. The quantitative estimate of drug-likeness (QED) is 0.711. The first-order valence-electron chi connectivity index (χ1n) is 9.86. The van der Waals surface area contributed by atoms with Crippen molar-refractivity contribution in [2.45, 2.75) is 39.0 Å². The van der Waals surface area contributed by atoms with E-state index in [1.165, 1.54) is 29.5 Å². The molecule has 27 heavy (non-hydrogen) atoms. The number of nitrogens with one attached hydrogen (secondary N) is 1. The van der Waals surface area contributed by atoms with Gasteiger partial charge in [0.05, 0.1) is 18.5 Å². The monoisotopic (exact) mass is 361 g/mol. The molecular formula is C23H27N3O. The molecule has 0 bridgehead atoms. The number of benzene rings is 2. The Kier molecular flexibility index (Phi) is 5.14. The lowest BCUT2D eigenvalue weighted by atomic mass is 10.0. The van der Waals surface area contributed by atoms with E-state index in [4.69, 9.17) is 9.84 Å². The lowest BCUT2D eigenvalue weighted by molar-refractivity contribution is 0.410. The Morgan fingerprint density at radius 1 is 1.07 bits per heavy atom. The van der Waals surface area contributed by atoms with Crippen LogP contribution in [0.1, 0.15) is 42.1 Å². The Labute approximate surface area is 161 Å². The molecule has 4 rings (SSSR count). The van der Waals surface area contributed by atoms with Gasteiger partial charge in [-0.05, 0) is 49.4 Å². The van der Waals surface area contributed by atoms with Crippen LogP contribution in [0.25, 0.3) is 5.69 Å². The molecule has 140 valence electrons. The molecule has 0 aliphatic carbocycles. The van der Waals surface area contributed by atoms with Gasteiger partial charge in [-0.3, -0.25) is 0 Å². The van der Waals surface area contributed by atoms with Crippen LogP contribution in [0.4, 0.5) is 5.82 Å². The number of ether oxygens (including phenoxy) is 1. The molecule has 0 radical (unpaired) electrons. The van der Waals surface area contributed by atoms with Gasteiger partial charge < -0.3 is 10.1 Å². The van der Waals surface area contributed by atoms with Crippen molar-refractivity contribution in [1.82, 2.24) is 9.78 Å². The average molecular weight is 361 g/mol. The summed E-state index contributed by atoms with van der Waals surface area (Å²) >= 11 is 0. The molecule has 1 N–H and O–H groups in total. The van der Waals surface area contributed by atoms with E-state index in [-0.39, 0.29) is 0 Å². The number of rotatable bonds is 5. The Morgan fingerprint density at radius 2 is 1.89 bits per heavy atom. The van der Waals surface area contributed by atoms with Crippen LogP contribution >= 0.6 is 0 Å². The third-order valence-electron chi connectivity index (χ3n) is 5.35. The highest BCUT2D eigenvalue weighted by atomic mass is 16.5. The summed E-state index contributed by atoms with van der Waals surface area (Å²) in [5, 5.41) is 8.65. The number of hydrogen-bond donors (Lipinski definition) is 1. The van der Waals surface area contributed by atoms with E-state index in [2.05, 4.69) is 53.3 Å². The highest BCUT2D eigenvalue weighted by Crippen LogP contribution is 2.31. The number of hydrogen-bond acceptors (Lipinski definition) is 3. The molecule has 0 saturated carbocycles. The van der Waals surface area contributed by atoms with E-state index in [1.54, 1.807) is 7.11 Å². The molecule has 4 heteroatoms. The normalized spacial score (nSPS) is 13.6. The Hall–Kier alpha value is -2.75. The summed E-state index contributed by atoms with van der Waals surface area (Å²) in [4.78, 5) is 0. The second-order valence-electron chi connectivity index (χ2n) is 7.08. The number of nitrogens with zero attached hydrogens (tertiary/aromatic N) is 2. The topological polar surface area (TPSA) is 39.1 Å². The molecule has 0 unspecified atom stereocenters. The van der Waals surface area contributed by atoms with Crippen molar-refractivity contribution in [3.63, 3.8) is 0 Å². The molecule has 1 aromatic heterocycles. The highest BCUT2D eigenvalue weighted by molar-refractivity contribution is 5.55. The van der Waals surface area contributed by atoms with Crippen LogP contribution in [0.5, 0.6) is 5.75 Å². The maximum atomic E-state index is 5.55. The number of aromatic nitrogens is 2. The first-order valence-corrected chi connectivity index (χ1v) is 9.86. The van der Waals surface area contributed by atoms with E-state index < -0.39 is 0 Å². The van der Waals surface area contributed by atoms with Crippen molar-refractivity contribution in [3.05, 3.63) is 70.9 Å². The minimum absolute atomic E-state index is 0.786. The first kappa shape index (κ1) is 17.7. The molecule has 0 amide bonds. The van der Waals surface area contributed by atoms with Gasteiger partial charge in [0.1, 0.15) is 11.6 Å². The minimum atomic E-state index is 0.786. The Morgan fingerprint density at radius 3 is 2.67 bits per heavy atom. The first-order chi connectivity index (χ1) is 13.3. The van der Waals surface area contributed by atoms with Crippen LogP contribution in [0, 0.1) is 0 Å². The predicted molar refractivity (Wildman–Crippen MR) is 110 cm³/mol. The maximum absolute atomic E-state index is 5.55. The molecule has 3 aromatic rings. The average Bonchev–Trinajstić information content (AvgIpc) is 2.89. The van der Waals surface area contributed by atoms with Crippen molar-refractivity contribution in [3.8, 4) is 11.4 Å². The molecule has 2 aromatic carbocycles. The van der Waals surface area contributed by atoms with E-state index >= 15 is 0 Å². The van der Waals surface area contributed by atoms with Gasteiger partial charge in [0, 0.05) is 24.1 Å². The van der Waals surface area contributed by atoms with Crippen LogP contribution in [0.2, 0.25) is 0 Å². The molecular weight excluding hydrogens is 334 g/mol. The summed E-state index contributed by atoms with van der Waals surface area (Å²) in [7, 11) is 1.73. The van der Waals surface area contributed by atoms with Gasteiger partial charge in [-0.2, -0.15) is 5.10 Å². The van der Waals surface area contributed by atoms with Crippen molar-refractivity contribution >= 4 is 5.82 Å². The number of fused-ring (bicyclic) bond motifs is 1. The van der Waals surface area contributed by atoms with Crippen LogP contribution < -0.4 is 10.1 Å². The van der Waals surface area contributed by atoms with Crippen LogP contribution in [-0.2, 0) is 19.3 Å². The summed E-state index contributed by atoms with van der Waals surface area (Å²) in [5.74, 6) is 2.08. The van der Waals surface area contributed by atoms with Crippen LogP contribution in [-0.4, -0.2) is 23.4 Å². The van der Waals surface area contributed by atoms with Gasteiger partial charge in [0.2, 0.25) is 0 Å². The third kappa shape index (κ3) is 3.57. The molecule has 0 fully saturated rings. The van der Waals surface area contributed by atoms with Gasteiger partial charge in [-0.25, -0.2) is 4.68 Å². The fourth-order valence-electron chi connectivity index (χ4n) is 3.80. The maximum Gasteiger partial charge on any atom is 0.133 e. The molecule has 0 atom stereocenters. The van der Waals surface area contributed by atoms with E-state index in [9.17, 15) is 0 Å². The fraction of sp³-hybridized carbons (Fsp3) is 0.348. The lowest BCUT2D eigenvalue weighted by Crippen LogP contribution is -2.07. The molecule has 1 aliphatic rings. The standard InChI is InChI=1S/C23H27N3O/c1-3-17-11-13-19(14-12-17)26-23-20(9-6-7-15-24-23)21(25-26)16-18-8-4-5-10-22(18)27-2/h4-5,8,10-14,24H,3,6-7,9,15-16H2,1-2H3. The molecule has 4 nitrogen and oxygen atoms in total. The van der Waals surface area contributed by atoms with Gasteiger partial charge in [-0.1, -0.05) is 37.3 Å². The fourth-order valence-corrected chi connectivity index (χ4v) is 3.80. The van der Waals surface area contributed by atoms with Gasteiger partial charge in [0.15, 0.2) is 0 Å². The molecule has 0 saturated heterocycles. The zero-order valence-corrected chi connectivity index (χ0v) is 16.2. The summed E-state index contributed by atoms with van der Waals surface area (Å²) in [5.41, 5.74) is 6.13. The Bertz CT molecular complexity index is 912. The Balaban J connectivity index is 1.76. The predicted octanol–water partition coefficient (Wildman–Crippen LogP) is 4.78. The lowest BCUT2D eigenvalue weighted by Gasteiger charge is -2.09. The van der Waals surface area contributed by atoms with Gasteiger partial charge in [-0.15, -0.1) is 0 Å². The number of methoxy groups -OCH3 is 1. The number of anilines is 1. The summed E-state index contributed by atoms with van der Waals surface area (Å²) in [6.45, 7) is 3.18. The SMILES string of the molecule is CCc1ccc(-n2nc(Cc3ccccc3OC)c3c2NCCCC3)cc1. The van der Waals surface area contributed by atoms with Gasteiger partial charge in [0.25, 0.3) is 0 Å². The van der Waals surface area contributed by atoms with Crippen molar-refractivity contribution in [2.24, 2.45) is 0 Å². The zero-order chi connectivity index (χ0) is 18.6. The minimum Gasteiger partial charge on any atom is -0.496 e. The van der Waals surface area contributed by atoms with E-state index in [0.717, 1.165) is 48.8 Å². The second kappa shape index (κ2) is 7.87. The number of aryl methyl sites for hydroxylation is 1. The molecule has 1 aliphatic heterocycles. The summed E-state index contributed by atoms with van der Waals surface area (Å²) in [6, 6.07) is 17.0.